The third-order valence-corrected chi connectivity index (χ3v) is 5.22. The molecule has 0 fully saturated rings. The Bertz CT molecular complexity index is 835. The molecule has 0 aromatic heterocycles. The van der Waals surface area contributed by atoms with Crippen LogP contribution in [0.1, 0.15) is 50.3 Å². The Balaban J connectivity index is 1.93. The van der Waals surface area contributed by atoms with E-state index in [1.165, 1.54) is 22.3 Å². The van der Waals surface area contributed by atoms with Crippen LogP contribution in [0.25, 0.3) is 11.1 Å². The van der Waals surface area contributed by atoms with E-state index in [1.807, 2.05) is 32.9 Å². The van der Waals surface area contributed by atoms with E-state index in [-0.39, 0.29) is 29.5 Å². The molecule has 136 valence electrons. The van der Waals surface area contributed by atoms with Crippen LogP contribution in [-0.4, -0.2) is 18.4 Å². The number of esters is 1. The molecular formula is C23H26O3. The summed E-state index contributed by atoms with van der Waals surface area (Å²) in [6.07, 6.45) is 0.734. The Labute approximate surface area is 155 Å². The molecular weight excluding hydrogens is 324 g/mol. The monoisotopic (exact) mass is 350 g/mol. The average molecular weight is 350 g/mol. The molecule has 3 nitrogen and oxygen atoms in total. The molecule has 0 radical (unpaired) electrons. The highest BCUT2D eigenvalue weighted by molar-refractivity contribution is 5.80. The largest absolute Gasteiger partial charge is 0.464 e. The number of rotatable bonds is 6. The molecule has 0 spiro atoms. The lowest BCUT2D eigenvalue weighted by atomic mass is 9.92. The predicted molar refractivity (Wildman–Crippen MR) is 103 cm³/mol. The summed E-state index contributed by atoms with van der Waals surface area (Å²) >= 11 is 0. The van der Waals surface area contributed by atoms with Gasteiger partial charge in [0.1, 0.15) is 12.4 Å². The van der Waals surface area contributed by atoms with Crippen LogP contribution in [0.4, 0.5) is 0 Å². The van der Waals surface area contributed by atoms with Crippen LogP contribution in [0, 0.1) is 11.8 Å². The highest BCUT2D eigenvalue weighted by Gasteiger charge is 2.30. The number of benzene rings is 2. The molecule has 2 atom stereocenters. The van der Waals surface area contributed by atoms with Crippen molar-refractivity contribution in [2.75, 3.05) is 6.61 Å². The van der Waals surface area contributed by atoms with Crippen molar-refractivity contribution in [1.82, 2.24) is 0 Å². The molecule has 0 bridgehead atoms. The van der Waals surface area contributed by atoms with Crippen LogP contribution in [0.3, 0.4) is 0 Å². The van der Waals surface area contributed by atoms with Gasteiger partial charge in [-0.15, -0.1) is 0 Å². The van der Waals surface area contributed by atoms with Crippen LogP contribution in [0.15, 0.2) is 42.5 Å². The van der Waals surface area contributed by atoms with Gasteiger partial charge < -0.3 is 4.74 Å². The first kappa shape index (κ1) is 18.4. The highest BCUT2D eigenvalue weighted by Crippen LogP contribution is 2.45. The minimum absolute atomic E-state index is 0.00838. The zero-order valence-electron chi connectivity index (χ0n) is 15.9. The van der Waals surface area contributed by atoms with Crippen LogP contribution in [0.5, 0.6) is 0 Å². The maximum absolute atomic E-state index is 12.0. The molecule has 1 aliphatic rings. The molecule has 26 heavy (non-hydrogen) atoms. The quantitative estimate of drug-likeness (QED) is 0.705. The fourth-order valence-electron chi connectivity index (χ4n) is 3.50. The second kappa shape index (κ2) is 7.45. The molecule has 0 aliphatic heterocycles. The van der Waals surface area contributed by atoms with Gasteiger partial charge in [0.2, 0.25) is 0 Å². The number of carbonyl (C=O) groups is 2. The summed E-state index contributed by atoms with van der Waals surface area (Å²) in [7, 11) is 0. The van der Waals surface area contributed by atoms with Crippen LogP contribution < -0.4 is 0 Å². The highest BCUT2D eigenvalue weighted by atomic mass is 16.5. The zero-order valence-corrected chi connectivity index (χ0v) is 15.9. The second-order valence-electron chi connectivity index (χ2n) is 7.56. The van der Waals surface area contributed by atoms with Crippen LogP contribution >= 0.6 is 0 Å². The normalized spacial score (nSPS) is 16.1. The van der Waals surface area contributed by atoms with Gasteiger partial charge in [-0.25, -0.2) is 0 Å². The Kier molecular flexibility index (Phi) is 5.26. The fraction of sp³-hybridized carbons (Fsp3) is 0.391. The van der Waals surface area contributed by atoms with E-state index in [0.29, 0.717) is 6.61 Å². The molecule has 0 saturated heterocycles. The standard InChI is InChI=1S/C23H26O3/c1-14(2)23(25)26-13-22-19-8-6-5-7-18(19)20-10-9-17(12-21(20)22)11-15(3)16(4)24/h5-10,12,14-15,22H,11,13H2,1-4H3. The minimum Gasteiger partial charge on any atom is -0.464 e. The summed E-state index contributed by atoms with van der Waals surface area (Å²) < 4.78 is 5.57. The topological polar surface area (TPSA) is 43.4 Å². The Morgan fingerprint density at radius 3 is 2.38 bits per heavy atom. The lowest BCUT2D eigenvalue weighted by Gasteiger charge is -2.16. The summed E-state index contributed by atoms with van der Waals surface area (Å²) in [5.74, 6) is -0.0344. The Hall–Kier alpha value is -2.42. The van der Waals surface area contributed by atoms with Crippen molar-refractivity contribution in [2.24, 2.45) is 11.8 Å². The third-order valence-electron chi connectivity index (χ3n) is 5.22. The van der Waals surface area contributed by atoms with Gasteiger partial charge in [0, 0.05) is 11.8 Å². The zero-order chi connectivity index (χ0) is 18.8. The Morgan fingerprint density at radius 1 is 1.00 bits per heavy atom. The van der Waals surface area contributed by atoms with E-state index in [9.17, 15) is 9.59 Å². The first-order valence-corrected chi connectivity index (χ1v) is 9.27. The molecule has 0 N–H and O–H groups in total. The van der Waals surface area contributed by atoms with Gasteiger partial charge in [0.25, 0.3) is 0 Å². The lowest BCUT2D eigenvalue weighted by Crippen LogP contribution is -2.16. The number of ketones is 1. The van der Waals surface area contributed by atoms with Crippen LogP contribution in [-0.2, 0) is 20.7 Å². The van der Waals surface area contributed by atoms with Crippen molar-refractivity contribution in [3.8, 4) is 11.1 Å². The van der Waals surface area contributed by atoms with Crippen LogP contribution in [0.2, 0.25) is 0 Å². The predicted octanol–water partition coefficient (Wildman–Crippen LogP) is 4.77. The minimum atomic E-state index is -0.169. The maximum atomic E-state index is 12.0. The first-order chi connectivity index (χ1) is 12.4. The molecule has 2 unspecified atom stereocenters. The summed E-state index contributed by atoms with van der Waals surface area (Å²) in [5.41, 5.74) is 5.95. The van der Waals surface area contributed by atoms with Crippen molar-refractivity contribution < 1.29 is 14.3 Å². The fourth-order valence-corrected chi connectivity index (χ4v) is 3.50. The summed E-state index contributed by atoms with van der Waals surface area (Å²) in [6, 6.07) is 14.7. The average Bonchev–Trinajstić information content (AvgIpc) is 2.92. The Morgan fingerprint density at radius 2 is 1.69 bits per heavy atom. The smallest absolute Gasteiger partial charge is 0.308 e. The molecule has 2 aromatic carbocycles. The molecule has 1 aliphatic carbocycles. The van der Waals surface area contributed by atoms with Gasteiger partial charge in [-0.05, 0) is 41.2 Å². The number of hydrogen-bond donors (Lipinski definition) is 0. The first-order valence-electron chi connectivity index (χ1n) is 9.27. The van der Waals surface area contributed by atoms with E-state index >= 15 is 0 Å². The van der Waals surface area contributed by atoms with E-state index in [2.05, 4.69) is 30.3 Å². The molecule has 0 saturated carbocycles. The number of Topliss-reactive ketones (excluding diaryl/α,β-unsaturated/α-hetero) is 1. The van der Waals surface area contributed by atoms with Crippen molar-refractivity contribution >= 4 is 11.8 Å². The summed E-state index contributed by atoms with van der Waals surface area (Å²) in [4.78, 5) is 23.6. The third kappa shape index (κ3) is 3.57. The van der Waals surface area contributed by atoms with E-state index in [4.69, 9.17) is 4.74 Å². The molecule has 3 heteroatoms. The number of carbonyl (C=O) groups excluding carboxylic acids is 2. The van der Waals surface area contributed by atoms with Gasteiger partial charge in [-0.2, -0.15) is 0 Å². The van der Waals surface area contributed by atoms with Crippen molar-refractivity contribution in [3.63, 3.8) is 0 Å². The van der Waals surface area contributed by atoms with Gasteiger partial charge in [-0.1, -0.05) is 63.2 Å². The second-order valence-corrected chi connectivity index (χ2v) is 7.56. The molecule has 0 heterocycles. The van der Waals surface area contributed by atoms with Gasteiger partial charge >= 0.3 is 5.97 Å². The van der Waals surface area contributed by atoms with Crippen molar-refractivity contribution in [2.45, 2.75) is 40.0 Å². The van der Waals surface area contributed by atoms with E-state index < -0.39 is 0 Å². The number of fused-ring (bicyclic) bond motifs is 3. The summed E-state index contributed by atoms with van der Waals surface area (Å²) in [6.45, 7) is 7.65. The maximum Gasteiger partial charge on any atom is 0.308 e. The SMILES string of the molecule is CC(=O)C(C)Cc1ccc2c(c1)C(COC(=O)C(C)C)c1ccccc1-2. The number of ether oxygens (including phenoxy) is 1. The molecule has 3 rings (SSSR count). The summed E-state index contributed by atoms with van der Waals surface area (Å²) in [5, 5.41) is 0. The lowest BCUT2D eigenvalue weighted by molar-refractivity contribution is -0.147. The van der Waals surface area contributed by atoms with Crippen molar-refractivity contribution in [1.29, 1.82) is 0 Å². The van der Waals surface area contributed by atoms with Gasteiger partial charge in [0.05, 0.1) is 5.92 Å². The molecule has 0 amide bonds. The van der Waals surface area contributed by atoms with Crippen molar-refractivity contribution in [3.05, 3.63) is 59.2 Å². The van der Waals surface area contributed by atoms with E-state index in [0.717, 1.165) is 12.0 Å². The van der Waals surface area contributed by atoms with E-state index in [1.54, 1.807) is 6.92 Å². The molecule has 2 aromatic rings. The van der Waals surface area contributed by atoms with Gasteiger partial charge in [-0.3, -0.25) is 9.59 Å². The number of hydrogen-bond acceptors (Lipinski definition) is 3. The van der Waals surface area contributed by atoms with Gasteiger partial charge in [0.15, 0.2) is 0 Å².